The first kappa shape index (κ1) is 13.8. The molecule has 2 aliphatic rings. The Morgan fingerprint density at radius 3 is 2.90 bits per heavy atom. The van der Waals surface area contributed by atoms with Crippen LogP contribution in [0.15, 0.2) is 0 Å². The molecule has 0 aromatic rings. The van der Waals surface area contributed by atoms with Crippen LogP contribution in [-0.4, -0.2) is 58.9 Å². The number of hydrazine groups is 1. The molecule has 120 valence electrons. The van der Waals surface area contributed by atoms with Gasteiger partial charge in [-0.2, -0.15) is 0 Å². The van der Waals surface area contributed by atoms with Crippen molar-refractivity contribution in [3.63, 3.8) is 0 Å². The van der Waals surface area contributed by atoms with Crippen molar-refractivity contribution in [1.29, 1.82) is 5.41 Å². The molecule has 0 radical (unpaired) electrons. The van der Waals surface area contributed by atoms with E-state index in [1.807, 2.05) is 5.01 Å². The van der Waals surface area contributed by atoms with Crippen molar-refractivity contribution in [2.45, 2.75) is 31.3 Å². The van der Waals surface area contributed by atoms with E-state index in [9.17, 15) is 9.59 Å². The van der Waals surface area contributed by atoms with Gasteiger partial charge in [0.25, 0.3) is 0 Å². The Bertz CT molecular complexity index is 445. The second kappa shape index (κ2) is 4.78. The van der Waals surface area contributed by atoms with Crippen LogP contribution in [0.2, 0.25) is 0 Å². The van der Waals surface area contributed by atoms with Gasteiger partial charge in [-0.1, -0.05) is 0 Å². The van der Waals surface area contributed by atoms with Crippen LogP contribution >= 0.6 is 0 Å². The molecule has 8 nitrogen and oxygen atoms in total. The molecular formula is C11H19LrN6O2. The average Bonchev–Trinajstić information content (AvgIpc) is 2.89. The molecule has 2 aliphatic heterocycles. The second-order valence-electron chi connectivity index (χ2n) is 5.19. The summed E-state index contributed by atoms with van der Waals surface area (Å²) in [7, 11) is 0. The Balaban J connectivity index is 2.11. The zero-order valence-electron chi connectivity index (χ0n) is 11.2. The van der Waals surface area contributed by atoms with Crippen LogP contribution in [0, 0.1) is 5.41 Å². The molecule has 5 N–H and O–H groups in total. The number of carbonyl (C=O) groups is 2. The van der Waals surface area contributed by atoms with Crippen molar-refractivity contribution in [2.75, 3.05) is 19.6 Å². The number of ketones is 1. The first-order valence-corrected chi connectivity index (χ1v) is 7.47. The van der Waals surface area contributed by atoms with Crippen LogP contribution in [0.1, 0.15) is 19.8 Å². The number of carbonyl (C=O) groups excluding carboxylic acids is 2. The maximum absolute atomic E-state index is 12.7. The van der Waals surface area contributed by atoms with Crippen molar-refractivity contribution < 1.29 is 9.59 Å². The molecule has 1 amide bonds. The monoisotopic (exact) mass is 529 g/mol. The van der Waals surface area contributed by atoms with E-state index in [1.54, 1.807) is 5.01 Å². The number of rotatable bonds is 5. The fourth-order valence-corrected chi connectivity index (χ4v) is 3.44. The fraction of sp³-hybridized carbons (Fsp3) is 0.727. The van der Waals surface area contributed by atoms with Gasteiger partial charge in [0, 0.05) is 0 Å². The van der Waals surface area contributed by atoms with Gasteiger partial charge in [0.05, 0.1) is 0 Å². The molecule has 2 rings (SSSR count). The van der Waals surface area contributed by atoms with Crippen LogP contribution in [0.3, 0.4) is 0 Å². The van der Waals surface area contributed by atoms with Crippen molar-refractivity contribution in [1.82, 2.24) is 21.1 Å². The molecule has 2 atom stereocenters. The number of guanidine groups is 1. The molecule has 2 fully saturated rings. The summed E-state index contributed by atoms with van der Waals surface area (Å²) in [6.07, 6.45) is 1.20. The summed E-state index contributed by atoms with van der Waals surface area (Å²) in [5.41, 5.74) is 7.55. The van der Waals surface area contributed by atoms with E-state index in [0.717, 1.165) is 0 Å². The number of nitrogens with two attached hydrogens (primary N) is 1. The van der Waals surface area contributed by atoms with E-state index in [4.69, 9.17) is 11.1 Å². The summed E-state index contributed by atoms with van der Waals surface area (Å²) in [5.74, 6) is -0.174. The molecular weight excluding hydrogens is 510 g/mol. The Morgan fingerprint density at radius 1 is 1.65 bits per heavy atom. The number of hydrogen-bond acceptors (Lipinski definition) is 5. The molecule has 2 unspecified atom stereocenters. The van der Waals surface area contributed by atoms with E-state index >= 15 is 0 Å². The van der Waals surface area contributed by atoms with E-state index < -0.39 is 5.54 Å². The summed E-state index contributed by atoms with van der Waals surface area (Å²) in [4.78, 5) is 24.3. The average molecular weight is 529 g/mol. The van der Waals surface area contributed by atoms with Gasteiger partial charge in [-0.25, -0.2) is 0 Å². The predicted molar refractivity (Wildman–Crippen MR) is 67.9 cm³/mol. The molecule has 0 bridgehead atoms. The third-order valence-electron chi connectivity index (χ3n) is 3.79. The zero-order valence-corrected chi connectivity index (χ0v) is 13.3. The number of nitrogens with one attached hydrogen (secondary N) is 3. The Kier molecular flexibility index (Phi) is 3.29. The molecule has 20 heavy (non-hydrogen) atoms. The van der Waals surface area contributed by atoms with Gasteiger partial charge < -0.3 is 0 Å². The third kappa shape index (κ3) is 2.04. The van der Waals surface area contributed by atoms with Crippen LogP contribution in [0.5, 0.6) is 0 Å². The number of amides is 1. The first-order chi connectivity index (χ1) is 9.41. The molecule has 0 aromatic heterocycles. The second-order valence-corrected chi connectivity index (χ2v) is 5.73. The zero-order chi connectivity index (χ0) is 14.9. The van der Waals surface area contributed by atoms with E-state index in [-0.39, 0.29) is 23.7 Å². The normalized spacial score (nSPS) is 29.6. The summed E-state index contributed by atoms with van der Waals surface area (Å²) in [5, 5.41) is 13.4. The summed E-state index contributed by atoms with van der Waals surface area (Å²) < 4.78 is 2.18. The molecule has 2 heterocycles. The van der Waals surface area contributed by atoms with Crippen molar-refractivity contribution >= 4 is 17.6 Å². The van der Waals surface area contributed by atoms with Gasteiger partial charge in [0.2, 0.25) is 0 Å². The topological polar surface area (TPSA) is 115 Å². The third-order valence-corrected chi connectivity index (χ3v) is 4.82. The van der Waals surface area contributed by atoms with E-state index in [0.29, 0.717) is 32.5 Å². The van der Waals surface area contributed by atoms with Crippen molar-refractivity contribution in [3.8, 4) is 0 Å². The number of fused-ring (bicyclic) bond motifs is 1. The predicted octanol–water partition coefficient (Wildman–Crippen LogP) is -1.93. The van der Waals surface area contributed by atoms with Crippen LogP contribution in [0.4, 0.5) is 0 Å². The van der Waals surface area contributed by atoms with Crippen LogP contribution < -0.4 is 16.8 Å². The number of nitrogens with zero attached hydrogens (tertiary/aromatic N) is 2. The minimum absolute atomic E-state index is 0.0182. The van der Waals surface area contributed by atoms with Gasteiger partial charge >= 0.3 is 110 Å². The molecule has 0 aromatic carbocycles. The minimum atomic E-state index is -0.737. The summed E-state index contributed by atoms with van der Waals surface area (Å²) in [6, 6.07) is -0.341. The number of hydrogen-bond donors (Lipinski definition) is 4. The number of Topliss-reactive ketones (excluding diaryl/α,β-unsaturated/α-hetero) is 1. The van der Waals surface area contributed by atoms with Crippen molar-refractivity contribution in [3.05, 3.63) is 0 Å². The van der Waals surface area contributed by atoms with Crippen LogP contribution in [-0.2, 0) is 9.59 Å². The molecule has 9 heteroatoms. The van der Waals surface area contributed by atoms with Gasteiger partial charge in [0.1, 0.15) is 0 Å². The van der Waals surface area contributed by atoms with Crippen molar-refractivity contribution in [2.24, 2.45) is 5.73 Å². The Labute approximate surface area is 111 Å². The molecule has 0 saturated carbocycles. The van der Waals surface area contributed by atoms with E-state index in [2.05, 4.69) is 11.1 Å². The van der Waals surface area contributed by atoms with Crippen LogP contribution in [0.25, 0.3) is 0 Å². The SMILES string of the molecule is CC(=O)C1CCN2CC(CCNC(=N)N)([NH][Lr])C(=O)N12. The molecule has 0 aliphatic carbocycles. The van der Waals surface area contributed by atoms with Gasteiger partial charge in [-0.15, -0.1) is 0 Å². The molecule has 0 spiro atoms. The Hall–Kier alpha value is -2.67. The van der Waals surface area contributed by atoms with Gasteiger partial charge in [-0.3, -0.25) is 0 Å². The molecule has 2 saturated heterocycles. The van der Waals surface area contributed by atoms with Gasteiger partial charge in [0.15, 0.2) is 0 Å². The first-order valence-electron chi connectivity index (χ1n) is 6.40. The fourth-order valence-electron chi connectivity index (χ4n) is 2.77. The quantitative estimate of drug-likeness (QED) is 0.244. The maximum atomic E-state index is 12.7. The summed E-state index contributed by atoms with van der Waals surface area (Å²) >= 11 is 0. The summed E-state index contributed by atoms with van der Waals surface area (Å²) in [6.45, 7) is 3.20. The van der Waals surface area contributed by atoms with E-state index in [1.165, 1.54) is 6.92 Å². The standard InChI is InChI=1S/C11H19N6O2.Lr/c1-7(18)8-2-5-16-6-11(14,9(19)17(8)16)3-4-15-10(12)13;/h8,14H,2-6H2,1H3,(H4,12,13,15);/q-1;+1. The Morgan fingerprint density at radius 2 is 2.35 bits per heavy atom. The van der Waals surface area contributed by atoms with Gasteiger partial charge in [-0.05, 0) is 0 Å².